The van der Waals surface area contributed by atoms with Crippen LogP contribution in [0.4, 0.5) is 0 Å². The van der Waals surface area contributed by atoms with Crippen molar-refractivity contribution in [2.75, 3.05) is 0 Å². The van der Waals surface area contributed by atoms with Crippen LogP contribution in [0.15, 0.2) is 84.0 Å². The van der Waals surface area contributed by atoms with Crippen LogP contribution < -0.4 is 9.47 Å². The Morgan fingerprint density at radius 3 is 1.83 bits per heavy atom. The van der Waals surface area contributed by atoms with Crippen LogP contribution in [-0.2, 0) is 0 Å². The second-order valence-corrected chi connectivity index (χ2v) is 6.18. The molecule has 3 aromatic carbocycles. The van der Waals surface area contributed by atoms with Crippen molar-refractivity contribution in [3.05, 3.63) is 95.6 Å². The van der Waals surface area contributed by atoms with Crippen LogP contribution in [0.2, 0.25) is 0 Å². The molecule has 0 aliphatic carbocycles. The maximum absolute atomic E-state index is 12.5. The SMILES string of the molecule is C/C(=N\O)C(=O)c1ccc(OC(=O)c2ccccc2)cc1OC(=O)c1ccccc1. The van der Waals surface area contributed by atoms with Gasteiger partial charge in [-0.1, -0.05) is 41.6 Å². The fourth-order valence-electron chi connectivity index (χ4n) is 2.55. The summed E-state index contributed by atoms with van der Waals surface area (Å²) in [6.45, 7) is 1.31. The van der Waals surface area contributed by atoms with E-state index in [1.165, 1.54) is 25.1 Å². The van der Waals surface area contributed by atoms with Gasteiger partial charge in [-0.2, -0.15) is 0 Å². The van der Waals surface area contributed by atoms with E-state index >= 15 is 0 Å². The molecule has 150 valence electrons. The second kappa shape index (κ2) is 9.29. The first kappa shape index (κ1) is 20.5. The van der Waals surface area contributed by atoms with Crippen molar-refractivity contribution in [1.29, 1.82) is 0 Å². The van der Waals surface area contributed by atoms with Crippen molar-refractivity contribution >= 4 is 23.4 Å². The Morgan fingerprint density at radius 1 is 0.767 bits per heavy atom. The van der Waals surface area contributed by atoms with Gasteiger partial charge in [0.1, 0.15) is 17.2 Å². The van der Waals surface area contributed by atoms with Crippen molar-refractivity contribution in [3.63, 3.8) is 0 Å². The van der Waals surface area contributed by atoms with Gasteiger partial charge in [-0.25, -0.2) is 9.59 Å². The molecule has 0 saturated carbocycles. The van der Waals surface area contributed by atoms with Crippen LogP contribution in [0.5, 0.6) is 11.5 Å². The summed E-state index contributed by atoms with van der Waals surface area (Å²) in [4.78, 5) is 37.2. The molecule has 0 bridgehead atoms. The molecule has 0 aliphatic rings. The summed E-state index contributed by atoms with van der Waals surface area (Å²) in [6.07, 6.45) is 0. The van der Waals surface area contributed by atoms with Crippen molar-refractivity contribution < 1.29 is 29.1 Å². The van der Waals surface area contributed by atoms with Crippen LogP contribution in [0, 0.1) is 0 Å². The molecule has 0 aromatic heterocycles. The summed E-state index contributed by atoms with van der Waals surface area (Å²) >= 11 is 0. The van der Waals surface area contributed by atoms with E-state index in [9.17, 15) is 14.4 Å². The number of nitrogens with zero attached hydrogens (tertiary/aromatic N) is 1. The number of benzene rings is 3. The Bertz CT molecular complexity index is 1110. The van der Waals surface area contributed by atoms with E-state index in [0.717, 1.165) is 0 Å². The Morgan fingerprint density at radius 2 is 1.30 bits per heavy atom. The van der Waals surface area contributed by atoms with Crippen LogP contribution >= 0.6 is 0 Å². The number of esters is 2. The lowest BCUT2D eigenvalue weighted by Gasteiger charge is -2.12. The van der Waals surface area contributed by atoms with Gasteiger partial charge in [0.2, 0.25) is 5.78 Å². The van der Waals surface area contributed by atoms with E-state index in [2.05, 4.69) is 5.16 Å². The Balaban J connectivity index is 1.93. The van der Waals surface area contributed by atoms with Crippen LogP contribution in [0.3, 0.4) is 0 Å². The van der Waals surface area contributed by atoms with Gasteiger partial charge >= 0.3 is 11.9 Å². The van der Waals surface area contributed by atoms with Crippen LogP contribution in [0.25, 0.3) is 0 Å². The average molecular weight is 403 g/mol. The monoisotopic (exact) mass is 403 g/mol. The molecule has 0 radical (unpaired) electrons. The maximum atomic E-state index is 12.5. The highest BCUT2D eigenvalue weighted by Crippen LogP contribution is 2.27. The molecule has 0 spiro atoms. The van der Waals surface area contributed by atoms with Gasteiger partial charge in [-0.05, 0) is 43.3 Å². The van der Waals surface area contributed by atoms with E-state index in [1.807, 2.05) is 0 Å². The van der Waals surface area contributed by atoms with E-state index in [0.29, 0.717) is 5.56 Å². The van der Waals surface area contributed by atoms with Crippen molar-refractivity contribution in [2.45, 2.75) is 6.92 Å². The molecule has 7 nitrogen and oxygen atoms in total. The molecule has 3 aromatic rings. The van der Waals surface area contributed by atoms with Crippen molar-refractivity contribution in [3.8, 4) is 11.5 Å². The highest BCUT2D eigenvalue weighted by atomic mass is 16.5. The highest BCUT2D eigenvalue weighted by Gasteiger charge is 2.21. The summed E-state index contributed by atoms with van der Waals surface area (Å²) < 4.78 is 10.7. The normalized spacial score (nSPS) is 10.9. The third-order valence-electron chi connectivity index (χ3n) is 4.11. The summed E-state index contributed by atoms with van der Waals surface area (Å²) in [7, 11) is 0. The number of rotatable bonds is 6. The number of Topliss-reactive ketones (excluding diaryl/α,β-unsaturated/α-hetero) is 1. The molecule has 30 heavy (non-hydrogen) atoms. The van der Waals surface area contributed by atoms with E-state index in [-0.39, 0.29) is 28.3 Å². The molecule has 0 unspecified atom stereocenters. The Kier molecular flexibility index (Phi) is 6.34. The van der Waals surface area contributed by atoms with Crippen molar-refractivity contribution in [2.24, 2.45) is 5.16 Å². The molecule has 0 aliphatic heterocycles. The molecule has 0 fully saturated rings. The Labute approximate surface area is 172 Å². The largest absolute Gasteiger partial charge is 0.423 e. The molecule has 0 amide bonds. The summed E-state index contributed by atoms with van der Waals surface area (Å²) in [5.41, 5.74) is 0.397. The van der Waals surface area contributed by atoms with Gasteiger partial charge in [-0.3, -0.25) is 4.79 Å². The molecule has 1 N–H and O–H groups in total. The summed E-state index contributed by atoms with van der Waals surface area (Å²) in [5.74, 6) is -2.00. The smallest absolute Gasteiger partial charge is 0.343 e. The van der Waals surface area contributed by atoms with E-state index in [4.69, 9.17) is 14.7 Å². The number of carbonyl (C=O) groups is 3. The van der Waals surface area contributed by atoms with Crippen LogP contribution in [0.1, 0.15) is 38.0 Å². The molecular weight excluding hydrogens is 386 g/mol. The average Bonchev–Trinajstić information content (AvgIpc) is 2.79. The number of carbonyl (C=O) groups excluding carboxylic acids is 3. The minimum Gasteiger partial charge on any atom is -0.423 e. The molecule has 0 saturated heterocycles. The summed E-state index contributed by atoms with van der Waals surface area (Å²) in [6, 6.07) is 20.5. The lowest BCUT2D eigenvalue weighted by atomic mass is 10.1. The third-order valence-corrected chi connectivity index (χ3v) is 4.11. The van der Waals surface area contributed by atoms with Gasteiger partial charge in [0, 0.05) is 6.07 Å². The quantitative estimate of drug-likeness (QED) is 0.166. The number of hydrogen-bond acceptors (Lipinski definition) is 7. The number of hydrogen-bond donors (Lipinski definition) is 1. The van der Waals surface area contributed by atoms with Gasteiger partial charge in [0.05, 0.1) is 16.7 Å². The first-order valence-electron chi connectivity index (χ1n) is 8.91. The number of oxime groups is 1. The summed E-state index contributed by atoms with van der Waals surface area (Å²) in [5, 5.41) is 11.8. The lowest BCUT2D eigenvalue weighted by Crippen LogP contribution is -2.16. The predicted molar refractivity (Wildman–Crippen MR) is 108 cm³/mol. The minimum absolute atomic E-state index is 0.0194. The molecule has 7 heteroatoms. The highest BCUT2D eigenvalue weighted by molar-refractivity contribution is 6.45. The third kappa shape index (κ3) is 4.77. The molecular formula is C23H17NO6. The Hall–Kier alpha value is -4.26. The minimum atomic E-state index is -0.699. The van der Waals surface area contributed by atoms with Gasteiger partial charge < -0.3 is 14.7 Å². The fraction of sp³-hybridized carbons (Fsp3) is 0.0435. The van der Waals surface area contributed by atoms with E-state index in [1.54, 1.807) is 60.7 Å². The topological polar surface area (TPSA) is 102 Å². The van der Waals surface area contributed by atoms with Gasteiger partial charge in [0.25, 0.3) is 0 Å². The molecule has 3 rings (SSSR count). The zero-order chi connectivity index (χ0) is 21.5. The van der Waals surface area contributed by atoms with Gasteiger partial charge in [0.15, 0.2) is 0 Å². The second-order valence-electron chi connectivity index (χ2n) is 6.18. The predicted octanol–water partition coefficient (Wildman–Crippen LogP) is 4.16. The zero-order valence-corrected chi connectivity index (χ0v) is 15.9. The molecule has 0 atom stereocenters. The molecule has 0 heterocycles. The van der Waals surface area contributed by atoms with Gasteiger partial charge in [-0.15, -0.1) is 0 Å². The first-order valence-corrected chi connectivity index (χ1v) is 8.91. The van der Waals surface area contributed by atoms with Crippen molar-refractivity contribution in [1.82, 2.24) is 0 Å². The fourth-order valence-corrected chi connectivity index (χ4v) is 2.55. The zero-order valence-electron chi connectivity index (χ0n) is 15.9. The first-order chi connectivity index (χ1) is 14.5. The maximum Gasteiger partial charge on any atom is 0.343 e. The standard InChI is InChI=1S/C23H17NO6/c1-15(24-28)21(25)19-13-12-18(29-22(26)16-8-4-2-5-9-16)14-20(19)30-23(27)17-10-6-3-7-11-17/h2-14,28H,1H3/b24-15+. The number of ether oxygens (including phenoxy) is 2. The van der Waals surface area contributed by atoms with Crippen LogP contribution in [-0.4, -0.2) is 28.6 Å². The van der Waals surface area contributed by atoms with E-state index < -0.39 is 17.7 Å². The lowest BCUT2D eigenvalue weighted by molar-refractivity contribution is 0.0732. The number of ketones is 1.